The van der Waals surface area contributed by atoms with Crippen molar-refractivity contribution in [3.05, 3.63) is 23.8 Å². The molecular weight excluding hydrogens is 334 g/mol. The summed E-state index contributed by atoms with van der Waals surface area (Å²) < 4.78 is 38.3. The molecule has 0 aliphatic heterocycles. The molecule has 2 rings (SSSR count). The van der Waals surface area contributed by atoms with E-state index in [2.05, 4.69) is 6.92 Å². The predicted molar refractivity (Wildman–Crippen MR) is 102 cm³/mol. The summed E-state index contributed by atoms with van der Waals surface area (Å²) in [6.45, 7) is 4.73. The molecule has 1 aliphatic rings. The van der Waals surface area contributed by atoms with E-state index in [9.17, 15) is 8.78 Å². The molecule has 1 aromatic rings. The van der Waals surface area contributed by atoms with Crippen LogP contribution in [0.15, 0.2) is 12.1 Å². The summed E-state index contributed by atoms with van der Waals surface area (Å²) in [5.74, 6) is -0.314. The van der Waals surface area contributed by atoms with Crippen LogP contribution in [0.5, 0.6) is 11.5 Å². The number of unbranched alkanes of at least 4 members (excludes halogenated alkanes) is 2. The average Bonchev–Trinajstić information content (AvgIpc) is 2.65. The third kappa shape index (κ3) is 6.44. The first kappa shape index (κ1) is 21.0. The lowest BCUT2D eigenvalue weighted by Gasteiger charge is -2.28. The molecule has 0 heterocycles. The van der Waals surface area contributed by atoms with Gasteiger partial charge in [-0.15, -0.1) is 0 Å². The molecule has 0 saturated heterocycles. The standard InChI is InChI=1S/C22H34F2O2/c1-3-5-6-8-17-10-12-18(13-11-17)9-7-16-26-20-15-14-19(25-4-2)21(23)22(20)24/h14-15,17-18H,3-13,16H2,1-2H3/t17-,18-. The highest BCUT2D eigenvalue weighted by molar-refractivity contribution is 5.34. The van der Waals surface area contributed by atoms with Gasteiger partial charge in [0.25, 0.3) is 0 Å². The average molecular weight is 369 g/mol. The first-order valence-corrected chi connectivity index (χ1v) is 10.4. The Balaban J connectivity index is 1.65. The molecule has 2 nitrogen and oxygen atoms in total. The van der Waals surface area contributed by atoms with Crippen molar-refractivity contribution in [2.24, 2.45) is 11.8 Å². The van der Waals surface area contributed by atoms with E-state index in [1.807, 2.05) is 0 Å². The van der Waals surface area contributed by atoms with Gasteiger partial charge in [-0.25, -0.2) is 0 Å². The summed E-state index contributed by atoms with van der Waals surface area (Å²) in [6.07, 6.45) is 12.8. The van der Waals surface area contributed by atoms with Crippen LogP contribution in [0.4, 0.5) is 8.78 Å². The van der Waals surface area contributed by atoms with Gasteiger partial charge in [-0.1, -0.05) is 58.3 Å². The van der Waals surface area contributed by atoms with Gasteiger partial charge in [0.15, 0.2) is 11.5 Å². The molecule has 1 aliphatic carbocycles. The van der Waals surface area contributed by atoms with Crippen LogP contribution in [0.25, 0.3) is 0 Å². The summed E-state index contributed by atoms with van der Waals surface area (Å²) >= 11 is 0. The zero-order valence-electron chi connectivity index (χ0n) is 16.4. The summed E-state index contributed by atoms with van der Waals surface area (Å²) in [4.78, 5) is 0. The van der Waals surface area contributed by atoms with E-state index in [4.69, 9.17) is 9.47 Å². The highest BCUT2D eigenvalue weighted by atomic mass is 19.2. The summed E-state index contributed by atoms with van der Waals surface area (Å²) in [7, 11) is 0. The Morgan fingerprint density at radius 2 is 1.35 bits per heavy atom. The second-order valence-electron chi connectivity index (χ2n) is 7.50. The Hall–Kier alpha value is -1.32. The van der Waals surface area contributed by atoms with E-state index in [1.54, 1.807) is 6.92 Å². The van der Waals surface area contributed by atoms with Crippen LogP contribution in [0.1, 0.15) is 78.1 Å². The van der Waals surface area contributed by atoms with Crippen LogP contribution in [0.3, 0.4) is 0 Å². The largest absolute Gasteiger partial charge is 0.491 e. The smallest absolute Gasteiger partial charge is 0.204 e. The highest BCUT2D eigenvalue weighted by Gasteiger charge is 2.21. The maximum Gasteiger partial charge on any atom is 0.204 e. The highest BCUT2D eigenvalue weighted by Crippen LogP contribution is 2.34. The van der Waals surface area contributed by atoms with Gasteiger partial charge in [0.05, 0.1) is 13.2 Å². The zero-order valence-corrected chi connectivity index (χ0v) is 16.4. The summed E-state index contributed by atoms with van der Waals surface area (Å²) in [6, 6.07) is 2.88. The van der Waals surface area contributed by atoms with Crippen molar-refractivity contribution in [1.82, 2.24) is 0 Å². The Labute approximate surface area is 157 Å². The van der Waals surface area contributed by atoms with Gasteiger partial charge in [-0.2, -0.15) is 8.78 Å². The third-order valence-electron chi connectivity index (χ3n) is 5.51. The maximum absolute atomic E-state index is 14.0. The monoisotopic (exact) mass is 368 g/mol. The van der Waals surface area contributed by atoms with Gasteiger partial charge in [0.2, 0.25) is 11.6 Å². The van der Waals surface area contributed by atoms with E-state index in [0.717, 1.165) is 24.7 Å². The zero-order chi connectivity index (χ0) is 18.8. The normalized spacial score (nSPS) is 20.2. The molecule has 0 amide bonds. The van der Waals surface area contributed by atoms with Crippen LogP contribution in [-0.4, -0.2) is 13.2 Å². The quantitative estimate of drug-likeness (QED) is 0.395. The lowest BCUT2D eigenvalue weighted by Crippen LogP contribution is -2.15. The Kier molecular flexibility index (Phi) is 9.21. The SMILES string of the molecule is CCCCC[C@H]1CC[C@H](CCCOc2ccc(OCC)c(F)c2F)CC1. The van der Waals surface area contributed by atoms with E-state index in [-0.39, 0.29) is 11.5 Å². The van der Waals surface area contributed by atoms with Crippen molar-refractivity contribution < 1.29 is 18.3 Å². The minimum atomic E-state index is -0.967. The predicted octanol–water partition coefficient (Wildman–Crippen LogP) is 6.91. The molecule has 0 aromatic heterocycles. The van der Waals surface area contributed by atoms with Crippen molar-refractivity contribution in [2.75, 3.05) is 13.2 Å². The van der Waals surface area contributed by atoms with Crippen molar-refractivity contribution in [1.29, 1.82) is 0 Å². The van der Waals surface area contributed by atoms with Crippen molar-refractivity contribution in [3.8, 4) is 11.5 Å². The molecule has 0 radical (unpaired) electrons. The number of hydrogen-bond acceptors (Lipinski definition) is 2. The van der Waals surface area contributed by atoms with E-state index < -0.39 is 11.6 Å². The van der Waals surface area contributed by atoms with Crippen LogP contribution in [0, 0.1) is 23.5 Å². The van der Waals surface area contributed by atoms with Crippen molar-refractivity contribution >= 4 is 0 Å². The number of rotatable bonds is 11. The van der Waals surface area contributed by atoms with Gasteiger partial charge in [-0.3, -0.25) is 0 Å². The lowest BCUT2D eigenvalue weighted by atomic mass is 9.78. The van der Waals surface area contributed by atoms with Gasteiger partial charge in [0, 0.05) is 0 Å². The van der Waals surface area contributed by atoms with E-state index >= 15 is 0 Å². The van der Waals surface area contributed by atoms with Crippen LogP contribution >= 0.6 is 0 Å². The van der Waals surface area contributed by atoms with Gasteiger partial charge in [0.1, 0.15) is 0 Å². The number of benzene rings is 1. The number of hydrogen-bond donors (Lipinski definition) is 0. The molecule has 0 spiro atoms. The molecule has 0 atom stereocenters. The molecule has 1 fully saturated rings. The first-order valence-electron chi connectivity index (χ1n) is 10.4. The topological polar surface area (TPSA) is 18.5 Å². The molecule has 148 valence electrons. The fraction of sp³-hybridized carbons (Fsp3) is 0.727. The lowest BCUT2D eigenvalue weighted by molar-refractivity contribution is 0.224. The second-order valence-corrected chi connectivity index (χ2v) is 7.50. The molecule has 0 N–H and O–H groups in total. The minimum Gasteiger partial charge on any atom is -0.491 e. The van der Waals surface area contributed by atoms with E-state index in [0.29, 0.717) is 13.2 Å². The van der Waals surface area contributed by atoms with Gasteiger partial charge < -0.3 is 9.47 Å². The first-order chi connectivity index (χ1) is 12.7. The fourth-order valence-corrected chi connectivity index (χ4v) is 3.94. The van der Waals surface area contributed by atoms with Gasteiger partial charge in [-0.05, 0) is 43.7 Å². The van der Waals surface area contributed by atoms with Crippen molar-refractivity contribution in [3.63, 3.8) is 0 Å². The third-order valence-corrected chi connectivity index (χ3v) is 5.51. The van der Waals surface area contributed by atoms with Gasteiger partial charge >= 0.3 is 0 Å². The Morgan fingerprint density at radius 1 is 0.808 bits per heavy atom. The minimum absolute atomic E-state index is 0.0226. The summed E-state index contributed by atoms with van der Waals surface area (Å²) in [5, 5.41) is 0. The molecule has 1 aromatic carbocycles. The number of ether oxygens (including phenoxy) is 2. The molecule has 4 heteroatoms. The fourth-order valence-electron chi connectivity index (χ4n) is 3.94. The van der Waals surface area contributed by atoms with E-state index in [1.165, 1.54) is 63.5 Å². The Morgan fingerprint density at radius 3 is 1.88 bits per heavy atom. The van der Waals surface area contributed by atoms with Crippen molar-refractivity contribution in [2.45, 2.75) is 78.1 Å². The molecule has 26 heavy (non-hydrogen) atoms. The molecule has 0 unspecified atom stereocenters. The maximum atomic E-state index is 14.0. The molecular formula is C22H34F2O2. The Bertz CT molecular complexity index is 525. The molecule has 1 saturated carbocycles. The van der Waals surface area contributed by atoms with Crippen LogP contribution in [-0.2, 0) is 0 Å². The number of halogens is 2. The van der Waals surface area contributed by atoms with Crippen LogP contribution < -0.4 is 9.47 Å². The summed E-state index contributed by atoms with van der Waals surface area (Å²) in [5.41, 5.74) is 0. The van der Waals surface area contributed by atoms with Crippen LogP contribution in [0.2, 0.25) is 0 Å². The second kappa shape index (κ2) is 11.4. The molecule has 0 bridgehead atoms.